The van der Waals surface area contributed by atoms with Crippen LogP contribution in [0.5, 0.6) is 0 Å². The Morgan fingerprint density at radius 3 is 2.61 bits per heavy atom. The maximum Gasteiger partial charge on any atom is 0.251 e. The van der Waals surface area contributed by atoms with Gasteiger partial charge in [0, 0.05) is 24.0 Å². The van der Waals surface area contributed by atoms with E-state index in [4.69, 9.17) is 20.1 Å². The summed E-state index contributed by atoms with van der Waals surface area (Å²) in [5.41, 5.74) is 10.8. The molecule has 0 aliphatic carbocycles. The molecule has 186 valence electrons. The third-order valence-corrected chi connectivity index (χ3v) is 6.09. The van der Waals surface area contributed by atoms with Crippen LogP contribution in [0.2, 0.25) is 0 Å². The van der Waals surface area contributed by atoms with Gasteiger partial charge in [-0.2, -0.15) is 0 Å². The van der Waals surface area contributed by atoms with Gasteiger partial charge in [0.1, 0.15) is 22.8 Å². The number of carbonyl (C=O) groups excluding carboxylic acids is 1. The first-order valence-electron chi connectivity index (χ1n) is 11.8. The lowest BCUT2D eigenvalue weighted by atomic mass is 10.1. The van der Waals surface area contributed by atoms with Crippen molar-refractivity contribution >= 4 is 22.9 Å². The van der Waals surface area contributed by atoms with Gasteiger partial charge in [-0.1, -0.05) is 18.2 Å². The number of fused-ring (bicyclic) bond motifs is 1. The second kappa shape index (κ2) is 9.62. The van der Waals surface area contributed by atoms with Gasteiger partial charge in [0.2, 0.25) is 0 Å². The molecule has 8 nitrogen and oxygen atoms in total. The van der Waals surface area contributed by atoms with Crippen molar-refractivity contribution in [2.45, 2.75) is 6.54 Å². The molecule has 0 fully saturated rings. The Kier molecular flexibility index (Phi) is 5.85. The summed E-state index contributed by atoms with van der Waals surface area (Å²) in [6, 6.07) is 24.3. The van der Waals surface area contributed by atoms with Crippen LogP contribution in [-0.4, -0.2) is 25.4 Å². The minimum Gasteiger partial charge on any atom is -0.463 e. The van der Waals surface area contributed by atoms with Crippen LogP contribution in [0.25, 0.3) is 39.7 Å². The lowest BCUT2D eigenvalue weighted by molar-refractivity contribution is 0.0950. The fraction of sp³-hybridized carbons (Fsp3) is 0.0345. The van der Waals surface area contributed by atoms with Crippen molar-refractivity contribution in [1.82, 2.24) is 24.8 Å². The number of anilines is 1. The molecule has 0 unspecified atom stereocenters. The summed E-state index contributed by atoms with van der Waals surface area (Å²) in [5, 5.41) is 2.82. The van der Waals surface area contributed by atoms with Gasteiger partial charge in [-0.25, -0.2) is 19.3 Å². The molecular formula is C29H21FN6O2. The van der Waals surface area contributed by atoms with E-state index < -0.39 is 5.82 Å². The van der Waals surface area contributed by atoms with E-state index in [-0.39, 0.29) is 18.0 Å². The number of nitrogens with zero attached hydrogens (tertiary/aromatic N) is 4. The van der Waals surface area contributed by atoms with Crippen molar-refractivity contribution in [1.29, 1.82) is 0 Å². The van der Waals surface area contributed by atoms with Gasteiger partial charge in [-0.05, 0) is 72.3 Å². The predicted octanol–water partition coefficient (Wildman–Crippen LogP) is 5.39. The van der Waals surface area contributed by atoms with Crippen molar-refractivity contribution < 1.29 is 13.6 Å². The van der Waals surface area contributed by atoms with Crippen molar-refractivity contribution in [3.8, 4) is 28.5 Å². The molecule has 4 heterocycles. The lowest BCUT2D eigenvalue weighted by Gasteiger charge is -2.12. The maximum absolute atomic E-state index is 13.5. The van der Waals surface area contributed by atoms with Crippen LogP contribution in [0.15, 0.2) is 102 Å². The van der Waals surface area contributed by atoms with Gasteiger partial charge >= 0.3 is 0 Å². The molecule has 0 spiro atoms. The zero-order valence-corrected chi connectivity index (χ0v) is 20.0. The highest BCUT2D eigenvalue weighted by Crippen LogP contribution is 2.31. The largest absolute Gasteiger partial charge is 0.463 e. The summed E-state index contributed by atoms with van der Waals surface area (Å²) in [6.45, 7) is 0.281. The Bertz CT molecular complexity index is 1760. The molecule has 0 saturated heterocycles. The second-order valence-electron chi connectivity index (χ2n) is 8.58. The molecule has 0 atom stereocenters. The number of rotatable bonds is 6. The highest BCUT2D eigenvalue weighted by molar-refractivity contribution is 5.94. The second-order valence-corrected chi connectivity index (χ2v) is 8.58. The van der Waals surface area contributed by atoms with E-state index in [1.165, 1.54) is 18.2 Å². The number of imidazole rings is 1. The highest BCUT2D eigenvalue weighted by atomic mass is 19.1. The molecule has 6 aromatic rings. The molecule has 1 amide bonds. The zero-order valence-electron chi connectivity index (χ0n) is 20.0. The summed E-state index contributed by atoms with van der Waals surface area (Å²) in [7, 11) is 0. The standard InChI is InChI=1S/C29H21FN6O2/c30-20-5-1-4-19(16-20)29(37)33-17-18-8-10-21(11-9-18)36-27(22-6-2-14-32-26(22)31)35-24-13-12-23(34-28(24)36)25-7-3-15-38-25/h1-16H,17H2,(H2,31,32)(H,33,37). The van der Waals surface area contributed by atoms with Crippen LogP contribution in [0.1, 0.15) is 15.9 Å². The number of nitrogens with two attached hydrogens (primary N) is 1. The summed E-state index contributed by atoms with van der Waals surface area (Å²) in [6.07, 6.45) is 3.23. The number of nitrogen functional groups attached to an aromatic ring is 1. The zero-order chi connectivity index (χ0) is 26.1. The van der Waals surface area contributed by atoms with E-state index in [1.807, 2.05) is 65.2 Å². The normalized spacial score (nSPS) is 11.1. The Morgan fingerprint density at radius 2 is 1.84 bits per heavy atom. The van der Waals surface area contributed by atoms with E-state index in [9.17, 15) is 9.18 Å². The van der Waals surface area contributed by atoms with Gasteiger partial charge in [-0.3, -0.25) is 9.36 Å². The number of hydrogen-bond acceptors (Lipinski definition) is 6. The van der Waals surface area contributed by atoms with Crippen LogP contribution in [0.3, 0.4) is 0 Å². The molecule has 3 N–H and O–H groups in total. The molecule has 6 rings (SSSR count). The third-order valence-electron chi connectivity index (χ3n) is 6.09. The minimum atomic E-state index is -0.455. The molecule has 0 aliphatic heterocycles. The molecule has 0 radical (unpaired) electrons. The molecule has 2 aromatic carbocycles. The van der Waals surface area contributed by atoms with Crippen LogP contribution in [0.4, 0.5) is 10.2 Å². The van der Waals surface area contributed by atoms with Crippen LogP contribution >= 0.6 is 0 Å². The van der Waals surface area contributed by atoms with E-state index >= 15 is 0 Å². The van der Waals surface area contributed by atoms with Gasteiger partial charge in [-0.15, -0.1) is 0 Å². The first kappa shape index (κ1) is 23.1. The maximum atomic E-state index is 13.5. The quantitative estimate of drug-likeness (QED) is 0.314. The molecule has 4 aromatic heterocycles. The van der Waals surface area contributed by atoms with E-state index in [1.54, 1.807) is 18.5 Å². The molecule has 38 heavy (non-hydrogen) atoms. The monoisotopic (exact) mass is 504 g/mol. The average molecular weight is 505 g/mol. The molecular weight excluding hydrogens is 483 g/mol. The highest BCUT2D eigenvalue weighted by Gasteiger charge is 2.19. The number of pyridine rings is 2. The Balaban J connectivity index is 1.37. The van der Waals surface area contributed by atoms with E-state index in [2.05, 4.69) is 10.3 Å². The number of aromatic nitrogens is 4. The van der Waals surface area contributed by atoms with E-state index in [0.717, 1.165) is 11.3 Å². The number of carbonyl (C=O) groups is 1. The SMILES string of the molecule is Nc1ncccc1-c1nc2ccc(-c3ccco3)nc2n1-c1ccc(CNC(=O)c2cccc(F)c2)cc1. The first-order chi connectivity index (χ1) is 18.6. The number of benzene rings is 2. The number of halogens is 1. The van der Waals surface area contributed by atoms with Gasteiger partial charge in [0.15, 0.2) is 17.2 Å². The molecule has 0 bridgehead atoms. The van der Waals surface area contributed by atoms with Gasteiger partial charge < -0.3 is 15.5 Å². The fourth-order valence-corrected chi connectivity index (χ4v) is 4.23. The lowest BCUT2D eigenvalue weighted by Crippen LogP contribution is -2.22. The van der Waals surface area contributed by atoms with Crippen LogP contribution in [-0.2, 0) is 6.54 Å². The topological polar surface area (TPSA) is 112 Å². The van der Waals surface area contributed by atoms with Crippen molar-refractivity contribution in [2.75, 3.05) is 5.73 Å². The summed E-state index contributed by atoms with van der Waals surface area (Å²) in [5.74, 6) is 0.793. The number of amides is 1. The predicted molar refractivity (Wildman–Crippen MR) is 142 cm³/mol. The summed E-state index contributed by atoms with van der Waals surface area (Å²) >= 11 is 0. The summed E-state index contributed by atoms with van der Waals surface area (Å²) in [4.78, 5) is 26.3. The van der Waals surface area contributed by atoms with Crippen LogP contribution < -0.4 is 11.1 Å². The molecule has 9 heteroatoms. The third kappa shape index (κ3) is 4.37. The smallest absolute Gasteiger partial charge is 0.251 e. The van der Waals surface area contributed by atoms with Crippen molar-refractivity contribution in [2.24, 2.45) is 0 Å². The van der Waals surface area contributed by atoms with Crippen molar-refractivity contribution in [3.05, 3.63) is 114 Å². The Hall–Kier alpha value is -5.31. The van der Waals surface area contributed by atoms with Crippen LogP contribution in [0, 0.1) is 5.82 Å². The fourth-order valence-electron chi connectivity index (χ4n) is 4.23. The average Bonchev–Trinajstić information content (AvgIpc) is 3.60. The number of hydrogen-bond donors (Lipinski definition) is 2. The van der Waals surface area contributed by atoms with Gasteiger partial charge in [0.05, 0.1) is 11.8 Å². The molecule has 0 saturated carbocycles. The Labute approximate surface area is 216 Å². The molecule has 0 aliphatic rings. The number of nitrogens with one attached hydrogen (secondary N) is 1. The summed E-state index contributed by atoms with van der Waals surface area (Å²) < 4.78 is 20.9. The van der Waals surface area contributed by atoms with Crippen molar-refractivity contribution in [3.63, 3.8) is 0 Å². The Morgan fingerprint density at radius 1 is 0.974 bits per heavy atom. The number of furan rings is 1. The minimum absolute atomic E-state index is 0.267. The van der Waals surface area contributed by atoms with Gasteiger partial charge in [0.25, 0.3) is 5.91 Å². The van der Waals surface area contributed by atoms with E-state index in [0.29, 0.717) is 39.8 Å². The first-order valence-corrected chi connectivity index (χ1v) is 11.8.